The summed E-state index contributed by atoms with van der Waals surface area (Å²) in [5.41, 5.74) is 8.07. The number of hydrogen-bond donors (Lipinski definition) is 2. The van der Waals surface area contributed by atoms with Crippen LogP contribution in [0, 0.1) is 5.41 Å². The molecule has 0 aromatic carbocycles. The second-order valence-corrected chi connectivity index (χ2v) is 6.02. The average molecular weight is 249 g/mol. The molecule has 2 heterocycles. The van der Waals surface area contributed by atoms with E-state index < -0.39 is 0 Å². The van der Waals surface area contributed by atoms with Gasteiger partial charge >= 0.3 is 0 Å². The summed E-state index contributed by atoms with van der Waals surface area (Å²) in [5, 5.41) is 3.30. The van der Waals surface area contributed by atoms with E-state index in [0.29, 0.717) is 0 Å². The van der Waals surface area contributed by atoms with Gasteiger partial charge in [0, 0.05) is 11.6 Å². The Kier molecular flexibility index (Phi) is 3.64. The normalized spacial score (nSPS) is 11.9. The van der Waals surface area contributed by atoms with Crippen molar-refractivity contribution in [3.8, 4) is 11.4 Å². The van der Waals surface area contributed by atoms with Crippen LogP contribution >= 0.6 is 11.3 Å². The van der Waals surface area contributed by atoms with Gasteiger partial charge in [-0.2, -0.15) is 0 Å². The fourth-order valence-corrected chi connectivity index (χ4v) is 2.38. The lowest BCUT2D eigenvalue weighted by molar-refractivity contribution is 0.348. The van der Waals surface area contributed by atoms with E-state index in [0.717, 1.165) is 30.8 Å². The predicted octanol–water partition coefficient (Wildman–Crippen LogP) is 3.06. The molecule has 4 heteroatoms. The number of nitrogens with zero attached hydrogens (tertiary/aromatic N) is 1. The molecule has 0 saturated heterocycles. The molecule has 2 aromatic heterocycles. The van der Waals surface area contributed by atoms with Crippen LogP contribution in [0.2, 0.25) is 0 Å². The van der Waals surface area contributed by atoms with Crippen LogP contribution in [-0.2, 0) is 6.42 Å². The van der Waals surface area contributed by atoms with Gasteiger partial charge in [-0.05, 0) is 36.9 Å². The molecule has 92 valence electrons. The van der Waals surface area contributed by atoms with Gasteiger partial charge in [0.15, 0.2) is 0 Å². The van der Waals surface area contributed by atoms with Gasteiger partial charge in [0.2, 0.25) is 0 Å². The zero-order chi connectivity index (χ0) is 12.3. The highest BCUT2D eigenvalue weighted by Crippen LogP contribution is 2.25. The summed E-state index contributed by atoms with van der Waals surface area (Å²) in [6, 6.07) is 4.04. The average Bonchev–Trinajstić information content (AvgIpc) is 2.97. The highest BCUT2D eigenvalue weighted by atomic mass is 32.1. The van der Waals surface area contributed by atoms with Crippen molar-refractivity contribution in [1.82, 2.24) is 9.97 Å². The van der Waals surface area contributed by atoms with E-state index >= 15 is 0 Å². The molecule has 3 N–H and O–H groups in total. The Bertz CT molecular complexity index is 457. The molecule has 2 rings (SSSR count). The van der Waals surface area contributed by atoms with E-state index in [-0.39, 0.29) is 5.41 Å². The van der Waals surface area contributed by atoms with Gasteiger partial charge < -0.3 is 10.7 Å². The van der Waals surface area contributed by atoms with Gasteiger partial charge in [-0.25, -0.2) is 4.98 Å². The zero-order valence-corrected chi connectivity index (χ0v) is 11.2. The molecule has 0 radical (unpaired) electrons. The lowest BCUT2D eigenvalue weighted by Crippen LogP contribution is -2.23. The fraction of sp³-hybridized carbons (Fsp3) is 0.462. The quantitative estimate of drug-likeness (QED) is 0.855. The number of thiazole rings is 1. The second-order valence-electron chi connectivity index (χ2n) is 5.08. The molecule has 2 aromatic rings. The summed E-state index contributed by atoms with van der Waals surface area (Å²) in [7, 11) is 0. The van der Waals surface area contributed by atoms with Crippen molar-refractivity contribution in [2.75, 3.05) is 6.54 Å². The van der Waals surface area contributed by atoms with Crippen LogP contribution < -0.4 is 5.73 Å². The SMILES string of the molecule is CC(C)(CN)CCc1nc(-c2ccc[nH]2)cs1. The monoisotopic (exact) mass is 249 g/mol. The van der Waals surface area contributed by atoms with Crippen molar-refractivity contribution in [2.24, 2.45) is 11.1 Å². The van der Waals surface area contributed by atoms with Crippen LogP contribution in [0.15, 0.2) is 23.7 Å². The topological polar surface area (TPSA) is 54.7 Å². The summed E-state index contributed by atoms with van der Waals surface area (Å²) >= 11 is 1.73. The standard InChI is InChI=1S/C13H19N3S/c1-13(2,9-14)6-5-12-16-11(8-17-12)10-4-3-7-15-10/h3-4,7-8,15H,5-6,9,14H2,1-2H3. The number of hydrogen-bond acceptors (Lipinski definition) is 3. The van der Waals surface area contributed by atoms with E-state index in [2.05, 4.69) is 29.2 Å². The molecular formula is C13H19N3S. The molecule has 17 heavy (non-hydrogen) atoms. The third kappa shape index (κ3) is 3.17. The maximum atomic E-state index is 5.73. The van der Waals surface area contributed by atoms with E-state index in [1.807, 2.05) is 18.3 Å². The summed E-state index contributed by atoms with van der Waals surface area (Å²) in [6.07, 6.45) is 4.02. The first-order chi connectivity index (χ1) is 8.11. The van der Waals surface area contributed by atoms with Crippen LogP contribution in [0.4, 0.5) is 0 Å². The Hall–Kier alpha value is -1.13. The molecule has 0 aliphatic heterocycles. The number of aryl methyl sites for hydroxylation is 1. The van der Waals surface area contributed by atoms with Crippen LogP contribution in [0.5, 0.6) is 0 Å². The number of nitrogens with two attached hydrogens (primary N) is 1. The second kappa shape index (κ2) is 5.02. The Labute approximate surface area is 106 Å². The molecule has 0 aliphatic rings. The van der Waals surface area contributed by atoms with Crippen LogP contribution in [-0.4, -0.2) is 16.5 Å². The highest BCUT2D eigenvalue weighted by Gasteiger charge is 2.16. The van der Waals surface area contributed by atoms with E-state index in [1.54, 1.807) is 11.3 Å². The van der Waals surface area contributed by atoms with Crippen LogP contribution in [0.25, 0.3) is 11.4 Å². The highest BCUT2D eigenvalue weighted by molar-refractivity contribution is 7.09. The Morgan fingerprint density at radius 2 is 2.29 bits per heavy atom. The number of H-pyrrole nitrogens is 1. The molecule has 0 fully saturated rings. The molecule has 0 atom stereocenters. The first kappa shape index (κ1) is 12.3. The van der Waals surface area contributed by atoms with Gasteiger partial charge in [-0.3, -0.25) is 0 Å². The van der Waals surface area contributed by atoms with Gasteiger partial charge in [0.25, 0.3) is 0 Å². The van der Waals surface area contributed by atoms with Crippen molar-refractivity contribution in [1.29, 1.82) is 0 Å². The molecule has 0 spiro atoms. The number of aromatic amines is 1. The third-order valence-corrected chi connectivity index (χ3v) is 3.90. The number of aromatic nitrogens is 2. The van der Waals surface area contributed by atoms with E-state index in [4.69, 9.17) is 5.73 Å². The lowest BCUT2D eigenvalue weighted by atomic mass is 9.88. The molecule has 0 unspecified atom stereocenters. The van der Waals surface area contributed by atoms with Crippen molar-refractivity contribution < 1.29 is 0 Å². The van der Waals surface area contributed by atoms with E-state index in [1.165, 1.54) is 5.01 Å². The Balaban J connectivity index is 2.00. The number of rotatable bonds is 5. The minimum atomic E-state index is 0.207. The van der Waals surface area contributed by atoms with Gasteiger partial charge in [-0.15, -0.1) is 11.3 Å². The summed E-state index contributed by atoms with van der Waals surface area (Å²) in [4.78, 5) is 7.81. The summed E-state index contributed by atoms with van der Waals surface area (Å²) in [5.74, 6) is 0. The summed E-state index contributed by atoms with van der Waals surface area (Å²) in [6.45, 7) is 5.13. The Morgan fingerprint density at radius 3 is 2.94 bits per heavy atom. The molecule has 0 saturated carbocycles. The summed E-state index contributed by atoms with van der Waals surface area (Å²) < 4.78 is 0. The minimum absolute atomic E-state index is 0.207. The van der Waals surface area contributed by atoms with Crippen LogP contribution in [0.3, 0.4) is 0 Å². The van der Waals surface area contributed by atoms with E-state index in [9.17, 15) is 0 Å². The number of nitrogens with one attached hydrogen (secondary N) is 1. The smallest absolute Gasteiger partial charge is 0.0976 e. The van der Waals surface area contributed by atoms with Crippen LogP contribution in [0.1, 0.15) is 25.3 Å². The molecule has 0 bridgehead atoms. The zero-order valence-electron chi connectivity index (χ0n) is 10.4. The van der Waals surface area contributed by atoms with Crippen molar-refractivity contribution in [3.05, 3.63) is 28.7 Å². The fourth-order valence-electron chi connectivity index (χ4n) is 1.59. The maximum Gasteiger partial charge on any atom is 0.0976 e. The van der Waals surface area contributed by atoms with Gasteiger partial charge in [0.1, 0.15) is 0 Å². The first-order valence-electron chi connectivity index (χ1n) is 5.89. The van der Waals surface area contributed by atoms with Gasteiger partial charge in [-0.1, -0.05) is 13.8 Å². The van der Waals surface area contributed by atoms with Gasteiger partial charge in [0.05, 0.1) is 16.4 Å². The minimum Gasteiger partial charge on any atom is -0.360 e. The predicted molar refractivity (Wildman–Crippen MR) is 73.1 cm³/mol. The third-order valence-electron chi connectivity index (χ3n) is 2.99. The Morgan fingerprint density at radius 1 is 1.47 bits per heavy atom. The maximum absolute atomic E-state index is 5.73. The van der Waals surface area contributed by atoms with Crippen molar-refractivity contribution >= 4 is 11.3 Å². The largest absolute Gasteiger partial charge is 0.360 e. The lowest BCUT2D eigenvalue weighted by Gasteiger charge is -2.21. The molecule has 3 nitrogen and oxygen atoms in total. The molecular weight excluding hydrogens is 230 g/mol. The van der Waals surface area contributed by atoms with Crippen molar-refractivity contribution in [2.45, 2.75) is 26.7 Å². The first-order valence-corrected chi connectivity index (χ1v) is 6.77. The molecule has 0 aliphatic carbocycles. The van der Waals surface area contributed by atoms with Crippen molar-refractivity contribution in [3.63, 3.8) is 0 Å². The molecule has 0 amide bonds.